The molecule has 0 aromatic heterocycles. The number of nitrogens with one attached hydrogen (secondary N) is 2. The molecule has 2 nitrogen and oxygen atoms in total. The number of hydrogen-bond acceptors (Lipinski definition) is 2. The van der Waals surface area contributed by atoms with Gasteiger partial charge < -0.3 is 10.7 Å². The van der Waals surface area contributed by atoms with Crippen LogP contribution in [0.2, 0.25) is 0 Å². The summed E-state index contributed by atoms with van der Waals surface area (Å²) in [4.78, 5) is 0. The maximum atomic E-state index is 6.86. The van der Waals surface area contributed by atoms with Crippen LogP contribution in [0.3, 0.4) is 0 Å². The van der Waals surface area contributed by atoms with Crippen LogP contribution >= 0.6 is 0 Å². The van der Waals surface area contributed by atoms with Crippen LogP contribution in [-0.2, 0) is 0 Å². The smallest absolute Gasteiger partial charge is 0.0221 e. The Balaban J connectivity index is 3.43. The summed E-state index contributed by atoms with van der Waals surface area (Å²) in [5, 5.41) is 9.98. The average molecular weight is 140 g/mol. The second-order valence-electron chi connectivity index (χ2n) is 2.83. The molecule has 2 N–H and O–H groups in total. The van der Waals surface area contributed by atoms with Crippen molar-refractivity contribution in [1.82, 2.24) is 5.32 Å². The van der Waals surface area contributed by atoms with Crippen molar-refractivity contribution in [1.29, 1.82) is 5.41 Å². The molecule has 0 aromatic rings. The number of allylic oxidation sites excluding steroid dienone is 1. The van der Waals surface area contributed by atoms with Crippen molar-refractivity contribution < 1.29 is 0 Å². The monoisotopic (exact) mass is 140 g/mol. The molecule has 0 saturated heterocycles. The highest BCUT2D eigenvalue weighted by atomic mass is 14.8. The molecule has 0 saturated carbocycles. The Morgan fingerprint density at radius 2 is 2.20 bits per heavy atom. The van der Waals surface area contributed by atoms with E-state index in [0.717, 1.165) is 12.1 Å². The zero-order valence-corrected chi connectivity index (χ0v) is 6.94. The average Bonchev–Trinajstić information content (AvgIpc) is 1.87. The van der Waals surface area contributed by atoms with Gasteiger partial charge in [0.15, 0.2) is 0 Å². The number of rotatable bonds is 4. The summed E-state index contributed by atoms with van der Waals surface area (Å²) in [7, 11) is 0. The van der Waals surface area contributed by atoms with Gasteiger partial charge in [-0.05, 0) is 18.4 Å². The minimum Gasteiger partial charge on any atom is -0.390 e. The third kappa shape index (κ3) is 5.35. The maximum absolute atomic E-state index is 6.86. The molecule has 0 radical (unpaired) electrons. The van der Waals surface area contributed by atoms with Gasteiger partial charge in [-0.3, -0.25) is 0 Å². The molecule has 10 heavy (non-hydrogen) atoms. The van der Waals surface area contributed by atoms with E-state index in [1.165, 1.54) is 6.21 Å². The van der Waals surface area contributed by atoms with E-state index in [1.54, 1.807) is 0 Å². The Morgan fingerprint density at radius 3 is 2.60 bits per heavy atom. The molecule has 0 spiro atoms. The highest BCUT2D eigenvalue weighted by Crippen LogP contribution is 1.88. The van der Waals surface area contributed by atoms with Crippen LogP contribution in [0, 0.1) is 11.3 Å². The van der Waals surface area contributed by atoms with E-state index in [9.17, 15) is 0 Å². The fourth-order valence-corrected chi connectivity index (χ4v) is 0.497. The lowest BCUT2D eigenvalue weighted by atomic mass is 10.2. The highest BCUT2D eigenvalue weighted by molar-refractivity contribution is 5.74. The molecule has 0 amide bonds. The van der Waals surface area contributed by atoms with Crippen LogP contribution in [0.1, 0.15) is 20.8 Å². The Hall–Kier alpha value is -0.790. The van der Waals surface area contributed by atoms with E-state index in [0.29, 0.717) is 5.92 Å². The van der Waals surface area contributed by atoms with Gasteiger partial charge in [0.1, 0.15) is 0 Å². The topological polar surface area (TPSA) is 35.9 Å². The lowest BCUT2D eigenvalue weighted by Crippen LogP contribution is -2.13. The van der Waals surface area contributed by atoms with Crippen molar-refractivity contribution >= 4 is 6.21 Å². The van der Waals surface area contributed by atoms with Crippen LogP contribution in [0.25, 0.3) is 0 Å². The summed E-state index contributed by atoms with van der Waals surface area (Å²) in [6.07, 6.45) is 3.21. The van der Waals surface area contributed by atoms with Crippen molar-refractivity contribution in [2.75, 3.05) is 6.54 Å². The second-order valence-corrected chi connectivity index (χ2v) is 2.83. The fourth-order valence-electron chi connectivity index (χ4n) is 0.497. The molecule has 0 atom stereocenters. The van der Waals surface area contributed by atoms with E-state index < -0.39 is 0 Å². The first-order valence-corrected chi connectivity index (χ1v) is 3.57. The molecule has 58 valence electrons. The summed E-state index contributed by atoms with van der Waals surface area (Å²) in [5.41, 5.74) is 0.959. The fraction of sp³-hybridized carbons (Fsp3) is 0.625. The van der Waals surface area contributed by atoms with Crippen LogP contribution in [-0.4, -0.2) is 12.8 Å². The zero-order valence-electron chi connectivity index (χ0n) is 6.94. The van der Waals surface area contributed by atoms with Gasteiger partial charge >= 0.3 is 0 Å². The van der Waals surface area contributed by atoms with Gasteiger partial charge in [-0.2, -0.15) is 0 Å². The molecular weight excluding hydrogens is 124 g/mol. The van der Waals surface area contributed by atoms with E-state index in [2.05, 4.69) is 19.2 Å². The van der Waals surface area contributed by atoms with Crippen LogP contribution in [0.4, 0.5) is 0 Å². The SMILES string of the molecule is C/C(C=N)=C/NCC(C)C. The lowest BCUT2D eigenvalue weighted by Gasteiger charge is -2.03. The second kappa shape index (κ2) is 5.03. The maximum Gasteiger partial charge on any atom is 0.0221 e. The Kier molecular flexibility index (Phi) is 4.63. The molecule has 0 aromatic carbocycles. The first-order valence-electron chi connectivity index (χ1n) is 3.57. The normalized spacial score (nSPS) is 11.8. The summed E-state index contributed by atoms with van der Waals surface area (Å²) in [6.45, 7) is 7.19. The minimum absolute atomic E-state index is 0.662. The van der Waals surface area contributed by atoms with Crippen molar-refractivity contribution in [2.24, 2.45) is 5.92 Å². The van der Waals surface area contributed by atoms with Gasteiger partial charge in [-0.1, -0.05) is 13.8 Å². The minimum atomic E-state index is 0.662. The van der Waals surface area contributed by atoms with Gasteiger partial charge in [0.25, 0.3) is 0 Å². The zero-order chi connectivity index (χ0) is 7.98. The van der Waals surface area contributed by atoms with Gasteiger partial charge in [0.05, 0.1) is 0 Å². The molecule has 0 unspecified atom stereocenters. The molecule has 0 fully saturated rings. The first-order chi connectivity index (χ1) is 4.66. The molecule has 2 heteroatoms. The van der Waals surface area contributed by atoms with Crippen LogP contribution < -0.4 is 5.32 Å². The summed E-state index contributed by atoms with van der Waals surface area (Å²) in [5.74, 6) is 0.662. The Bertz CT molecular complexity index is 125. The Labute approximate surface area is 62.8 Å². The largest absolute Gasteiger partial charge is 0.390 e. The van der Waals surface area contributed by atoms with Crippen molar-refractivity contribution in [3.8, 4) is 0 Å². The summed E-state index contributed by atoms with van der Waals surface area (Å²) < 4.78 is 0. The standard InChI is InChI=1S/C8H16N2/c1-7(2)5-10-6-8(3)4-9/h4,6-7,9-10H,5H2,1-3H3/b8-6-,9-4?. The van der Waals surface area contributed by atoms with Crippen LogP contribution in [0.15, 0.2) is 11.8 Å². The predicted octanol–water partition coefficient (Wildman–Crippen LogP) is 1.79. The quantitative estimate of drug-likeness (QED) is 0.574. The van der Waals surface area contributed by atoms with Crippen molar-refractivity contribution in [2.45, 2.75) is 20.8 Å². The molecule has 0 bridgehead atoms. The van der Waals surface area contributed by atoms with Gasteiger partial charge in [0, 0.05) is 19.0 Å². The molecule has 0 aliphatic heterocycles. The van der Waals surface area contributed by atoms with E-state index in [4.69, 9.17) is 5.41 Å². The summed E-state index contributed by atoms with van der Waals surface area (Å²) in [6, 6.07) is 0. The van der Waals surface area contributed by atoms with Gasteiger partial charge in [0.2, 0.25) is 0 Å². The van der Waals surface area contributed by atoms with Gasteiger partial charge in [-0.15, -0.1) is 0 Å². The Morgan fingerprint density at radius 1 is 1.60 bits per heavy atom. The summed E-state index contributed by atoms with van der Waals surface area (Å²) >= 11 is 0. The van der Waals surface area contributed by atoms with E-state index in [1.807, 2.05) is 13.1 Å². The lowest BCUT2D eigenvalue weighted by molar-refractivity contribution is 0.610. The molecular formula is C8H16N2. The van der Waals surface area contributed by atoms with Crippen molar-refractivity contribution in [3.63, 3.8) is 0 Å². The third-order valence-corrected chi connectivity index (χ3v) is 1.08. The van der Waals surface area contributed by atoms with Crippen molar-refractivity contribution in [3.05, 3.63) is 11.8 Å². The molecule has 0 aliphatic carbocycles. The van der Waals surface area contributed by atoms with E-state index >= 15 is 0 Å². The first kappa shape index (κ1) is 9.21. The van der Waals surface area contributed by atoms with Gasteiger partial charge in [-0.25, -0.2) is 0 Å². The molecule has 0 rings (SSSR count). The molecule has 0 heterocycles. The van der Waals surface area contributed by atoms with E-state index in [-0.39, 0.29) is 0 Å². The highest BCUT2D eigenvalue weighted by Gasteiger charge is 1.88. The third-order valence-electron chi connectivity index (χ3n) is 1.08. The molecule has 0 aliphatic rings. The predicted molar refractivity (Wildman–Crippen MR) is 45.4 cm³/mol. The number of hydrogen-bond donors (Lipinski definition) is 2. The van der Waals surface area contributed by atoms with Crippen LogP contribution in [0.5, 0.6) is 0 Å².